The van der Waals surface area contributed by atoms with Crippen LogP contribution in [-0.2, 0) is 0 Å². The summed E-state index contributed by atoms with van der Waals surface area (Å²) in [7, 11) is 0. The molecule has 0 aliphatic heterocycles. The fourth-order valence-electron chi connectivity index (χ4n) is 0.993. The van der Waals surface area contributed by atoms with Gasteiger partial charge in [-0.3, -0.25) is 4.79 Å². The summed E-state index contributed by atoms with van der Waals surface area (Å²) in [6, 6.07) is 7.43. The summed E-state index contributed by atoms with van der Waals surface area (Å²) in [4.78, 5) is 11.5. The number of rotatable bonds is 2. The quantitative estimate of drug-likeness (QED) is 0.860. The summed E-state index contributed by atoms with van der Waals surface area (Å²) in [6.45, 7) is 0. The van der Waals surface area contributed by atoms with Gasteiger partial charge in [-0.2, -0.15) is 0 Å². The Morgan fingerprint density at radius 2 is 2.07 bits per heavy atom. The number of halogens is 1. The molecule has 15 heavy (non-hydrogen) atoms. The van der Waals surface area contributed by atoms with Crippen LogP contribution in [0, 0.1) is 3.57 Å². The lowest BCUT2D eigenvalue weighted by molar-refractivity contribution is 0.101. The van der Waals surface area contributed by atoms with E-state index in [1.807, 2.05) is 24.3 Å². The summed E-state index contributed by atoms with van der Waals surface area (Å²) in [6.07, 6.45) is 1.27. The van der Waals surface area contributed by atoms with Crippen molar-refractivity contribution in [2.75, 3.05) is 5.32 Å². The molecule has 5 nitrogen and oxygen atoms in total. The van der Waals surface area contributed by atoms with Crippen LogP contribution in [0.4, 0.5) is 5.69 Å². The highest BCUT2D eigenvalue weighted by molar-refractivity contribution is 14.1. The van der Waals surface area contributed by atoms with E-state index in [2.05, 4.69) is 42.9 Å². The fraction of sp³-hybridized carbons (Fsp3) is 0. The average molecular weight is 315 g/mol. The second-order valence-corrected chi connectivity index (χ2v) is 4.00. The van der Waals surface area contributed by atoms with Gasteiger partial charge >= 0.3 is 0 Å². The minimum absolute atomic E-state index is 0.161. The highest BCUT2D eigenvalue weighted by Gasteiger charge is 2.09. The summed E-state index contributed by atoms with van der Waals surface area (Å²) in [5, 5.41) is 9.45. The Morgan fingerprint density at radius 1 is 1.33 bits per heavy atom. The van der Waals surface area contributed by atoms with Crippen molar-refractivity contribution in [2.24, 2.45) is 0 Å². The normalized spacial score (nSPS) is 9.93. The standard InChI is InChI=1S/C9H6IN3O2/c10-6-1-3-7(4-2-6)12-9(14)8-5-11-15-13-8/h1-5H,(H,12,14). The predicted molar refractivity (Wildman–Crippen MR) is 61.4 cm³/mol. The van der Waals surface area contributed by atoms with E-state index >= 15 is 0 Å². The molecule has 2 aromatic rings. The van der Waals surface area contributed by atoms with E-state index in [-0.39, 0.29) is 11.6 Å². The second kappa shape index (κ2) is 4.39. The van der Waals surface area contributed by atoms with E-state index in [4.69, 9.17) is 0 Å². The summed E-state index contributed by atoms with van der Waals surface area (Å²) < 4.78 is 5.44. The second-order valence-electron chi connectivity index (χ2n) is 2.75. The lowest BCUT2D eigenvalue weighted by Gasteiger charge is -2.01. The molecule has 0 atom stereocenters. The number of aromatic nitrogens is 2. The van der Waals surface area contributed by atoms with Crippen molar-refractivity contribution in [3.8, 4) is 0 Å². The molecule has 0 aliphatic rings. The van der Waals surface area contributed by atoms with E-state index in [9.17, 15) is 4.79 Å². The van der Waals surface area contributed by atoms with Crippen molar-refractivity contribution in [3.05, 3.63) is 39.7 Å². The third-order valence-corrected chi connectivity index (χ3v) is 2.42. The third-order valence-electron chi connectivity index (χ3n) is 1.70. The van der Waals surface area contributed by atoms with Gasteiger partial charge in [-0.15, -0.1) is 0 Å². The van der Waals surface area contributed by atoms with Crippen molar-refractivity contribution in [1.29, 1.82) is 0 Å². The zero-order valence-corrected chi connectivity index (χ0v) is 9.63. The molecule has 0 saturated heterocycles. The van der Waals surface area contributed by atoms with Crippen LogP contribution < -0.4 is 5.32 Å². The molecule has 1 heterocycles. The molecule has 6 heteroatoms. The number of nitrogens with zero attached hydrogens (tertiary/aromatic N) is 2. The smallest absolute Gasteiger partial charge is 0.279 e. The van der Waals surface area contributed by atoms with Crippen LogP contribution in [-0.4, -0.2) is 16.2 Å². The van der Waals surface area contributed by atoms with Gasteiger partial charge in [0.2, 0.25) is 0 Å². The molecule has 0 bridgehead atoms. The third kappa shape index (κ3) is 2.52. The first-order valence-corrected chi connectivity index (χ1v) is 5.18. The maximum absolute atomic E-state index is 11.5. The van der Waals surface area contributed by atoms with E-state index in [0.29, 0.717) is 5.69 Å². The lowest BCUT2D eigenvalue weighted by Crippen LogP contribution is -2.11. The van der Waals surface area contributed by atoms with Gasteiger partial charge < -0.3 is 5.32 Å². The average Bonchev–Trinajstić information content (AvgIpc) is 2.74. The maximum Gasteiger partial charge on any atom is 0.279 e. The van der Waals surface area contributed by atoms with E-state index in [1.54, 1.807) is 0 Å². The van der Waals surface area contributed by atoms with Crippen molar-refractivity contribution in [1.82, 2.24) is 10.3 Å². The predicted octanol–water partition coefficient (Wildman–Crippen LogP) is 1.93. The molecule has 0 spiro atoms. The van der Waals surface area contributed by atoms with Crippen molar-refractivity contribution in [2.45, 2.75) is 0 Å². The first kappa shape index (κ1) is 10.1. The van der Waals surface area contributed by atoms with Crippen LogP contribution in [0.1, 0.15) is 10.5 Å². The van der Waals surface area contributed by atoms with Gasteiger partial charge in [-0.05, 0) is 52.0 Å². The van der Waals surface area contributed by atoms with Crippen LogP contribution in [0.25, 0.3) is 0 Å². The summed E-state index contributed by atoms with van der Waals surface area (Å²) >= 11 is 2.19. The van der Waals surface area contributed by atoms with E-state index < -0.39 is 0 Å². The molecule has 1 aromatic heterocycles. The van der Waals surface area contributed by atoms with Gasteiger partial charge in [0.15, 0.2) is 5.69 Å². The molecule has 76 valence electrons. The molecule has 0 fully saturated rings. The van der Waals surface area contributed by atoms with Gasteiger partial charge in [0, 0.05) is 9.26 Å². The molecule has 2 rings (SSSR count). The number of nitrogens with one attached hydrogen (secondary N) is 1. The van der Waals surface area contributed by atoms with Crippen molar-refractivity contribution >= 4 is 34.2 Å². The summed E-state index contributed by atoms with van der Waals surface area (Å²) in [5.41, 5.74) is 0.872. The first-order chi connectivity index (χ1) is 7.25. The number of carbonyl (C=O) groups is 1. The molecule has 1 aromatic carbocycles. The van der Waals surface area contributed by atoms with E-state index in [1.165, 1.54) is 6.20 Å². The molecule has 0 radical (unpaired) electrons. The fourth-order valence-corrected chi connectivity index (χ4v) is 1.35. The zero-order chi connectivity index (χ0) is 10.7. The number of anilines is 1. The van der Waals surface area contributed by atoms with Gasteiger partial charge in [0.25, 0.3) is 5.91 Å². The Morgan fingerprint density at radius 3 is 2.67 bits per heavy atom. The minimum Gasteiger partial charge on any atom is -0.320 e. The van der Waals surface area contributed by atoms with Crippen LogP contribution in [0.5, 0.6) is 0 Å². The maximum atomic E-state index is 11.5. The Labute approximate surface area is 99.0 Å². The van der Waals surface area contributed by atoms with Gasteiger partial charge in [-0.1, -0.05) is 5.16 Å². The zero-order valence-electron chi connectivity index (χ0n) is 7.48. The molecule has 1 N–H and O–H groups in total. The topological polar surface area (TPSA) is 68.0 Å². The Hall–Kier alpha value is -1.44. The molecular formula is C9H6IN3O2. The first-order valence-electron chi connectivity index (χ1n) is 4.10. The number of hydrogen-bond acceptors (Lipinski definition) is 4. The molecular weight excluding hydrogens is 309 g/mol. The van der Waals surface area contributed by atoms with Crippen molar-refractivity contribution in [3.63, 3.8) is 0 Å². The van der Waals surface area contributed by atoms with Gasteiger partial charge in [0.05, 0.1) is 0 Å². The molecule has 0 saturated carbocycles. The largest absolute Gasteiger partial charge is 0.320 e. The number of amides is 1. The van der Waals surface area contributed by atoms with E-state index in [0.717, 1.165) is 3.57 Å². The number of hydrogen-bond donors (Lipinski definition) is 1. The lowest BCUT2D eigenvalue weighted by atomic mass is 10.3. The highest BCUT2D eigenvalue weighted by Crippen LogP contribution is 2.11. The number of benzene rings is 1. The van der Waals surface area contributed by atoms with Crippen LogP contribution in [0.15, 0.2) is 35.1 Å². The van der Waals surface area contributed by atoms with Gasteiger partial charge in [-0.25, -0.2) is 4.63 Å². The molecule has 0 aliphatic carbocycles. The SMILES string of the molecule is O=C(Nc1ccc(I)cc1)c1cnon1. The Balaban J connectivity index is 2.09. The monoisotopic (exact) mass is 315 g/mol. The van der Waals surface area contributed by atoms with Gasteiger partial charge in [0.1, 0.15) is 6.20 Å². The summed E-state index contributed by atoms with van der Waals surface area (Å²) in [5.74, 6) is -0.336. The molecule has 1 amide bonds. The van der Waals surface area contributed by atoms with Crippen molar-refractivity contribution < 1.29 is 9.42 Å². The Bertz CT molecular complexity index is 453. The van der Waals surface area contributed by atoms with Crippen LogP contribution >= 0.6 is 22.6 Å². The highest BCUT2D eigenvalue weighted by atomic mass is 127. The Kier molecular flexibility index (Phi) is 2.95. The molecule has 0 unspecified atom stereocenters. The number of carbonyl (C=O) groups excluding carboxylic acids is 1. The van der Waals surface area contributed by atoms with Crippen LogP contribution in [0.3, 0.4) is 0 Å². The van der Waals surface area contributed by atoms with Crippen LogP contribution in [0.2, 0.25) is 0 Å². The minimum atomic E-state index is -0.336.